The van der Waals surface area contributed by atoms with Crippen molar-refractivity contribution in [2.75, 3.05) is 6.54 Å². The lowest BCUT2D eigenvalue weighted by Gasteiger charge is -2.29. The zero-order chi connectivity index (χ0) is 13.8. The van der Waals surface area contributed by atoms with Crippen LogP contribution in [0.25, 0.3) is 0 Å². The van der Waals surface area contributed by atoms with Gasteiger partial charge in [0, 0.05) is 12.1 Å². The molecule has 0 spiro atoms. The summed E-state index contributed by atoms with van der Waals surface area (Å²) in [7, 11) is 0. The lowest BCUT2D eigenvalue weighted by Crippen LogP contribution is -2.29. The minimum Gasteiger partial charge on any atom is -0.504 e. The highest BCUT2D eigenvalue weighted by atomic mass is 16.3. The molecule has 2 rings (SSSR count). The molecule has 4 N–H and O–H groups in total. The molecule has 0 radical (unpaired) electrons. The van der Waals surface area contributed by atoms with Crippen molar-refractivity contribution in [1.82, 2.24) is 5.32 Å². The van der Waals surface area contributed by atoms with Crippen LogP contribution in [0.2, 0.25) is 0 Å². The molecule has 1 fully saturated rings. The summed E-state index contributed by atoms with van der Waals surface area (Å²) in [6.45, 7) is 3.74. The van der Waals surface area contributed by atoms with Crippen LogP contribution in [0.15, 0.2) is 12.1 Å². The van der Waals surface area contributed by atoms with E-state index in [1.807, 2.05) is 0 Å². The van der Waals surface area contributed by atoms with Crippen molar-refractivity contribution in [3.63, 3.8) is 0 Å². The summed E-state index contributed by atoms with van der Waals surface area (Å²) in [6, 6.07) is 3.02. The number of phenols is 3. The van der Waals surface area contributed by atoms with Gasteiger partial charge >= 0.3 is 0 Å². The summed E-state index contributed by atoms with van der Waals surface area (Å²) in [5, 5.41) is 31.8. The molecule has 0 aliphatic heterocycles. The van der Waals surface area contributed by atoms with E-state index >= 15 is 0 Å². The van der Waals surface area contributed by atoms with Crippen LogP contribution in [0.4, 0.5) is 0 Å². The Hall–Kier alpha value is -1.42. The normalized spacial score (nSPS) is 23.4. The van der Waals surface area contributed by atoms with E-state index < -0.39 is 5.75 Å². The molecule has 2 atom stereocenters. The fourth-order valence-electron chi connectivity index (χ4n) is 2.84. The van der Waals surface area contributed by atoms with Gasteiger partial charge < -0.3 is 20.6 Å². The molecule has 106 valence electrons. The molecule has 1 aliphatic rings. The van der Waals surface area contributed by atoms with Gasteiger partial charge in [-0.1, -0.05) is 32.3 Å². The third-order valence-electron chi connectivity index (χ3n) is 4.22. The van der Waals surface area contributed by atoms with E-state index in [9.17, 15) is 15.3 Å². The van der Waals surface area contributed by atoms with Crippen LogP contribution in [0.1, 0.15) is 38.2 Å². The molecule has 19 heavy (non-hydrogen) atoms. The first-order valence-corrected chi connectivity index (χ1v) is 7.03. The van der Waals surface area contributed by atoms with Gasteiger partial charge in [-0.25, -0.2) is 0 Å². The first kappa shape index (κ1) is 14.0. The summed E-state index contributed by atoms with van der Waals surface area (Å²) in [6.07, 6.45) is 5.21. The molecule has 0 amide bonds. The Morgan fingerprint density at radius 2 is 1.84 bits per heavy atom. The highest BCUT2D eigenvalue weighted by molar-refractivity contribution is 5.52. The second-order valence-corrected chi connectivity index (χ2v) is 5.59. The highest BCUT2D eigenvalue weighted by Gasteiger charge is 2.20. The quantitative estimate of drug-likeness (QED) is 0.632. The summed E-state index contributed by atoms with van der Waals surface area (Å²) in [4.78, 5) is 0. The number of nitrogens with one attached hydrogen (secondary N) is 1. The van der Waals surface area contributed by atoms with Crippen LogP contribution in [0.5, 0.6) is 17.2 Å². The largest absolute Gasteiger partial charge is 0.504 e. The molecule has 1 aromatic rings. The van der Waals surface area contributed by atoms with Gasteiger partial charge in [-0.15, -0.1) is 0 Å². The van der Waals surface area contributed by atoms with E-state index in [2.05, 4.69) is 12.2 Å². The Kier molecular flexibility index (Phi) is 4.53. The molecule has 4 heteroatoms. The first-order chi connectivity index (χ1) is 9.09. The Balaban J connectivity index is 1.87. The molecule has 1 saturated carbocycles. The van der Waals surface area contributed by atoms with Crippen molar-refractivity contribution in [3.8, 4) is 17.2 Å². The van der Waals surface area contributed by atoms with Gasteiger partial charge in [0.15, 0.2) is 11.5 Å². The van der Waals surface area contributed by atoms with Crippen molar-refractivity contribution in [2.24, 2.45) is 11.8 Å². The molecular formula is C15H23NO3. The molecular weight excluding hydrogens is 242 g/mol. The standard InChI is InChI=1S/C15H23NO3/c1-10-4-2-3-5-11(10)8-16-9-12-6-7-13(17)15(19)14(12)18/h6-7,10-11,16-19H,2-5,8-9H2,1H3. The number of hydrogen-bond donors (Lipinski definition) is 4. The van der Waals surface area contributed by atoms with Gasteiger partial charge in [0.1, 0.15) is 0 Å². The second kappa shape index (κ2) is 6.15. The smallest absolute Gasteiger partial charge is 0.200 e. The Bertz CT molecular complexity index is 434. The molecule has 1 aliphatic carbocycles. The number of benzene rings is 1. The van der Waals surface area contributed by atoms with E-state index in [0.29, 0.717) is 18.0 Å². The van der Waals surface area contributed by atoms with Crippen molar-refractivity contribution >= 4 is 0 Å². The van der Waals surface area contributed by atoms with Gasteiger partial charge in [-0.3, -0.25) is 0 Å². The van der Waals surface area contributed by atoms with Crippen molar-refractivity contribution in [3.05, 3.63) is 17.7 Å². The number of rotatable bonds is 4. The Labute approximate surface area is 114 Å². The third-order valence-corrected chi connectivity index (χ3v) is 4.22. The maximum Gasteiger partial charge on any atom is 0.200 e. The average molecular weight is 265 g/mol. The minimum absolute atomic E-state index is 0.232. The molecule has 0 saturated heterocycles. The van der Waals surface area contributed by atoms with E-state index in [1.54, 1.807) is 6.07 Å². The predicted octanol–water partition coefficient (Wildman–Crippen LogP) is 2.72. The Morgan fingerprint density at radius 1 is 1.11 bits per heavy atom. The topological polar surface area (TPSA) is 72.7 Å². The lowest BCUT2D eigenvalue weighted by molar-refractivity contribution is 0.247. The number of hydrogen-bond acceptors (Lipinski definition) is 4. The SMILES string of the molecule is CC1CCCCC1CNCc1ccc(O)c(O)c1O. The molecule has 0 heterocycles. The van der Waals surface area contributed by atoms with Crippen LogP contribution in [0.3, 0.4) is 0 Å². The Morgan fingerprint density at radius 3 is 2.58 bits per heavy atom. The van der Waals surface area contributed by atoms with Crippen LogP contribution in [-0.4, -0.2) is 21.9 Å². The van der Waals surface area contributed by atoms with Crippen molar-refractivity contribution in [1.29, 1.82) is 0 Å². The minimum atomic E-state index is -0.440. The van der Waals surface area contributed by atoms with Crippen LogP contribution in [-0.2, 0) is 6.54 Å². The monoisotopic (exact) mass is 265 g/mol. The third kappa shape index (κ3) is 3.32. The van der Waals surface area contributed by atoms with Crippen molar-refractivity contribution in [2.45, 2.75) is 39.2 Å². The predicted molar refractivity (Wildman–Crippen MR) is 74.3 cm³/mol. The summed E-state index contributed by atoms with van der Waals surface area (Å²) < 4.78 is 0. The zero-order valence-corrected chi connectivity index (χ0v) is 11.4. The maximum atomic E-state index is 9.72. The van der Waals surface area contributed by atoms with E-state index in [-0.39, 0.29) is 11.5 Å². The number of aromatic hydroxyl groups is 3. The second-order valence-electron chi connectivity index (χ2n) is 5.59. The number of phenolic OH excluding ortho intramolecular Hbond substituents is 3. The zero-order valence-electron chi connectivity index (χ0n) is 11.4. The van der Waals surface area contributed by atoms with Gasteiger partial charge in [0.25, 0.3) is 0 Å². The first-order valence-electron chi connectivity index (χ1n) is 7.03. The van der Waals surface area contributed by atoms with Gasteiger partial charge in [-0.2, -0.15) is 0 Å². The summed E-state index contributed by atoms with van der Waals surface area (Å²) in [5.74, 6) is 0.487. The van der Waals surface area contributed by atoms with Crippen LogP contribution < -0.4 is 5.32 Å². The molecule has 0 aromatic heterocycles. The summed E-state index contributed by atoms with van der Waals surface area (Å²) in [5.41, 5.74) is 0.610. The van der Waals surface area contributed by atoms with E-state index in [4.69, 9.17) is 0 Å². The molecule has 0 bridgehead atoms. The van der Waals surface area contributed by atoms with Gasteiger partial charge in [0.05, 0.1) is 0 Å². The maximum absolute atomic E-state index is 9.72. The molecule has 2 unspecified atom stereocenters. The van der Waals surface area contributed by atoms with Crippen molar-refractivity contribution < 1.29 is 15.3 Å². The molecule has 4 nitrogen and oxygen atoms in total. The van der Waals surface area contributed by atoms with Gasteiger partial charge in [-0.05, 0) is 30.9 Å². The van der Waals surface area contributed by atoms with Gasteiger partial charge in [0.2, 0.25) is 5.75 Å². The fourth-order valence-corrected chi connectivity index (χ4v) is 2.84. The fraction of sp³-hybridized carbons (Fsp3) is 0.600. The van der Waals surface area contributed by atoms with Crippen LogP contribution in [0, 0.1) is 11.8 Å². The average Bonchev–Trinajstić information content (AvgIpc) is 2.41. The van der Waals surface area contributed by atoms with E-state index in [1.165, 1.54) is 31.7 Å². The lowest BCUT2D eigenvalue weighted by atomic mass is 9.80. The molecule has 1 aromatic carbocycles. The van der Waals surface area contributed by atoms with Crippen LogP contribution >= 0.6 is 0 Å². The highest BCUT2D eigenvalue weighted by Crippen LogP contribution is 2.37. The van der Waals surface area contributed by atoms with E-state index in [0.717, 1.165) is 12.5 Å². The summed E-state index contributed by atoms with van der Waals surface area (Å²) >= 11 is 0.